The highest BCUT2D eigenvalue weighted by molar-refractivity contribution is 5.35. The lowest BCUT2D eigenvalue weighted by Gasteiger charge is -2.35. The Morgan fingerprint density at radius 1 is 0.800 bits per heavy atom. The normalized spacial score (nSPS) is 15.6. The summed E-state index contributed by atoms with van der Waals surface area (Å²) in [7, 11) is 0. The van der Waals surface area contributed by atoms with Gasteiger partial charge in [0.25, 0.3) is 0 Å². The van der Waals surface area contributed by atoms with E-state index in [0.717, 1.165) is 43.6 Å². The highest BCUT2D eigenvalue weighted by atomic mass is 16.5. The van der Waals surface area contributed by atoms with Gasteiger partial charge in [-0.1, -0.05) is 18.2 Å². The lowest BCUT2D eigenvalue weighted by molar-refractivity contribution is 0.0662. The number of rotatable bonds is 8. The molecule has 7 nitrogen and oxygen atoms in total. The molecule has 30 heavy (non-hydrogen) atoms. The minimum absolute atomic E-state index is 0.251. The second-order valence-electron chi connectivity index (χ2n) is 7.19. The van der Waals surface area contributed by atoms with Crippen molar-refractivity contribution in [3.63, 3.8) is 0 Å². The molecule has 0 aliphatic carbocycles. The number of piperazine rings is 1. The molecule has 1 aromatic heterocycles. The van der Waals surface area contributed by atoms with Crippen molar-refractivity contribution < 1.29 is 14.6 Å². The van der Waals surface area contributed by atoms with Gasteiger partial charge >= 0.3 is 0 Å². The summed E-state index contributed by atoms with van der Waals surface area (Å²) >= 11 is 0. The molecule has 1 aliphatic rings. The molecule has 0 radical (unpaired) electrons. The first-order chi connectivity index (χ1) is 14.8. The molecule has 1 atom stereocenters. The molecule has 156 valence electrons. The number of aromatic nitrogens is 2. The van der Waals surface area contributed by atoms with Crippen molar-refractivity contribution in [2.75, 3.05) is 44.2 Å². The maximum atomic E-state index is 10.4. The van der Waals surface area contributed by atoms with Crippen LogP contribution in [-0.2, 0) is 0 Å². The minimum Gasteiger partial charge on any atom is -0.491 e. The second-order valence-corrected chi connectivity index (χ2v) is 7.19. The van der Waals surface area contributed by atoms with Crippen molar-refractivity contribution in [1.82, 2.24) is 14.9 Å². The Balaban J connectivity index is 1.18. The highest BCUT2D eigenvalue weighted by Crippen LogP contribution is 2.23. The molecule has 3 aromatic rings. The molecule has 0 unspecified atom stereocenters. The molecule has 0 bridgehead atoms. The van der Waals surface area contributed by atoms with E-state index in [1.807, 2.05) is 60.7 Å². The fraction of sp³-hybridized carbons (Fsp3) is 0.304. The number of β-amino-alcohol motifs (C(OH)–C–C–N with tert-alkyl or cyclic N) is 1. The van der Waals surface area contributed by atoms with Crippen LogP contribution in [0.1, 0.15) is 0 Å². The van der Waals surface area contributed by atoms with Gasteiger partial charge in [0.05, 0.1) is 0 Å². The number of para-hydroxylation sites is 1. The molecule has 2 aromatic carbocycles. The van der Waals surface area contributed by atoms with E-state index in [1.54, 1.807) is 12.4 Å². The molecule has 0 spiro atoms. The third-order valence-electron chi connectivity index (χ3n) is 4.92. The SMILES string of the molecule is O[C@@H](COc1ccc(Oc2ccccc2)cc1)CN1CCN(c2ncccn2)CC1. The summed E-state index contributed by atoms with van der Waals surface area (Å²) < 4.78 is 11.5. The van der Waals surface area contributed by atoms with Crippen LogP contribution >= 0.6 is 0 Å². The standard InChI is InChI=1S/C23H26N4O3/c28-19(17-26-13-15-27(16-14-26)23-24-11-4-12-25-23)18-29-20-7-9-22(10-8-20)30-21-5-2-1-3-6-21/h1-12,19,28H,13-18H2/t19-/m1/s1. The average molecular weight is 406 g/mol. The Bertz CT molecular complexity index is 885. The van der Waals surface area contributed by atoms with Crippen molar-refractivity contribution in [2.24, 2.45) is 0 Å². The Kier molecular flexibility index (Phi) is 6.74. The summed E-state index contributed by atoms with van der Waals surface area (Å²) in [4.78, 5) is 13.0. The predicted octanol–water partition coefficient (Wildman–Crippen LogP) is 2.83. The third kappa shape index (κ3) is 5.68. The maximum absolute atomic E-state index is 10.4. The Morgan fingerprint density at radius 2 is 1.43 bits per heavy atom. The maximum Gasteiger partial charge on any atom is 0.225 e. The first-order valence-electron chi connectivity index (χ1n) is 10.1. The molecular formula is C23H26N4O3. The van der Waals surface area contributed by atoms with Gasteiger partial charge in [0, 0.05) is 45.1 Å². The number of anilines is 1. The van der Waals surface area contributed by atoms with E-state index in [9.17, 15) is 5.11 Å². The van der Waals surface area contributed by atoms with E-state index in [4.69, 9.17) is 9.47 Å². The fourth-order valence-corrected chi connectivity index (χ4v) is 3.36. The number of nitrogens with zero attached hydrogens (tertiary/aromatic N) is 4. The van der Waals surface area contributed by atoms with Crippen LogP contribution in [0.4, 0.5) is 5.95 Å². The first-order valence-corrected chi connectivity index (χ1v) is 10.1. The van der Waals surface area contributed by atoms with Gasteiger partial charge in [0.15, 0.2) is 0 Å². The molecule has 7 heteroatoms. The van der Waals surface area contributed by atoms with Gasteiger partial charge in [-0.15, -0.1) is 0 Å². The van der Waals surface area contributed by atoms with Crippen molar-refractivity contribution in [2.45, 2.75) is 6.10 Å². The largest absolute Gasteiger partial charge is 0.491 e. The minimum atomic E-state index is -0.551. The lowest BCUT2D eigenvalue weighted by Crippen LogP contribution is -2.49. The summed E-state index contributed by atoms with van der Waals surface area (Å²) in [6, 6.07) is 18.9. The van der Waals surface area contributed by atoms with Crippen LogP contribution in [0.15, 0.2) is 73.1 Å². The zero-order chi connectivity index (χ0) is 20.6. The van der Waals surface area contributed by atoms with Gasteiger partial charge in [-0.25, -0.2) is 9.97 Å². The van der Waals surface area contributed by atoms with Crippen molar-refractivity contribution in [1.29, 1.82) is 0 Å². The summed E-state index contributed by atoms with van der Waals surface area (Å²) in [5, 5.41) is 10.4. The number of ether oxygens (including phenoxy) is 2. The Labute approximate surface area is 176 Å². The van der Waals surface area contributed by atoms with Gasteiger partial charge in [-0.05, 0) is 42.5 Å². The van der Waals surface area contributed by atoms with Gasteiger partial charge in [0.2, 0.25) is 5.95 Å². The number of hydrogen-bond acceptors (Lipinski definition) is 7. The van der Waals surface area contributed by atoms with E-state index in [1.165, 1.54) is 0 Å². The molecule has 0 amide bonds. The molecule has 2 heterocycles. The molecule has 1 N–H and O–H groups in total. The van der Waals surface area contributed by atoms with Crippen LogP contribution in [0.25, 0.3) is 0 Å². The molecule has 0 saturated carbocycles. The summed E-state index contributed by atoms with van der Waals surface area (Å²) in [5.41, 5.74) is 0. The number of aliphatic hydroxyl groups excluding tert-OH is 1. The van der Waals surface area contributed by atoms with E-state index in [-0.39, 0.29) is 6.61 Å². The Hall–Kier alpha value is -3.16. The lowest BCUT2D eigenvalue weighted by atomic mass is 10.2. The average Bonchev–Trinajstić information content (AvgIpc) is 2.80. The molecule has 4 rings (SSSR count). The highest BCUT2D eigenvalue weighted by Gasteiger charge is 2.20. The van der Waals surface area contributed by atoms with Crippen LogP contribution < -0.4 is 14.4 Å². The van der Waals surface area contributed by atoms with Crippen LogP contribution in [-0.4, -0.2) is 65.4 Å². The van der Waals surface area contributed by atoms with Crippen molar-refractivity contribution in [3.8, 4) is 17.2 Å². The van der Waals surface area contributed by atoms with E-state index in [0.29, 0.717) is 12.3 Å². The van der Waals surface area contributed by atoms with Gasteiger partial charge in [-0.3, -0.25) is 4.90 Å². The molecule has 1 fully saturated rings. The number of hydrogen-bond donors (Lipinski definition) is 1. The van der Waals surface area contributed by atoms with E-state index < -0.39 is 6.10 Å². The predicted molar refractivity (Wildman–Crippen MR) is 115 cm³/mol. The van der Waals surface area contributed by atoms with E-state index in [2.05, 4.69) is 19.8 Å². The van der Waals surface area contributed by atoms with Gasteiger partial charge in [0.1, 0.15) is 30.0 Å². The van der Waals surface area contributed by atoms with Crippen molar-refractivity contribution >= 4 is 5.95 Å². The van der Waals surface area contributed by atoms with Crippen LogP contribution in [0.2, 0.25) is 0 Å². The third-order valence-corrected chi connectivity index (χ3v) is 4.92. The van der Waals surface area contributed by atoms with Gasteiger partial charge in [-0.2, -0.15) is 0 Å². The van der Waals surface area contributed by atoms with Gasteiger partial charge < -0.3 is 19.5 Å². The zero-order valence-corrected chi connectivity index (χ0v) is 16.8. The molecule has 1 saturated heterocycles. The first kappa shape index (κ1) is 20.1. The summed E-state index contributed by atoms with van der Waals surface area (Å²) in [6.45, 7) is 4.25. The van der Waals surface area contributed by atoms with Crippen LogP contribution in [0, 0.1) is 0 Å². The number of aliphatic hydroxyl groups is 1. The van der Waals surface area contributed by atoms with Crippen molar-refractivity contribution in [3.05, 3.63) is 73.1 Å². The summed E-state index contributed by atoms with van der Waals surface area (Å²) in [6.07, 6.45) is 2.97. The van der Waals surface area contributed by atoms with Crippen LogP contribution in [0.5, 0.6) is 17.2 Å². The van der Waals surface area contributed by atoms with E-state index >= 15 is 0 Å². The zero-order valence-electron chi connectivity index (χ0n) is 16.8. The van der Waals surface area contributed by atoms with Crippen LogP contribution in [0.3, 0.4) is 0 Å². The topological polar surface area (TPSA) is 71.0 Å². The number of benzene rings is 2. The smallest absolute Gasteiger partial charge is 0.225 e. The summed E-state index contributed by atoms with van der Waals surface area (Å²) in [5.74, 6) is 3.01. The molecule has 1 aliphatic heterocycles. The fourth-order valence-electron chi connectivity index (χ4n) is 3.36. The molecular weight excluding hydrogens is 380 g/mol. The Morgan fingerprint density at radius 3 is 2.13 bits per heavy atom. The second kappa shape index (κ2) is 10.0. The quantitative estimate of drug-likeness (QED) is 0.617. The monoisotopic (exact) mass is 406 g/mol.